The highest BCUT2D eigenvalue weighted by Gasteiger charge is 2.52. The summed E-state index contributed by atoms with van der Waals surface area (Å²) in [5, 5.41) is 0. The smallest absolute Gasteiger partial charge is 0.235 e. The second kappa shape index (κ2) is 4.79. The third kappa shape index (κ3) is 2.17. The van der Waals surface area contributed by atoms with Crippen LogP contribution in [0.1, 0.15) is 44.3 Å². The topological polar surface area (TPSA) is 66.1 Å². The van der Waals surface area contributed by atoms with Gasteiger partial charge in [-0.05, 0) is 19.3 Å². The van der Waals surface area contributed by atoms with Crippen LogP contribution in [0.4, 0.5) is 0 Å². The summed E-state index contributed by atoms with van der Waals surface area (Å²) in [6.45, 7) is 0.528. The summed E-state index contributed by atoms with van der Waals surface area (Å²) in [5.41, 5.74) is -0.332. The molecule has 1 aliphatic carbocycles. The van der Waals surface area contributed by atoms with Crippen molar-refractivity contribution in [1.82, 2.24) is 14.9 Å². The van der Waals surface area contributed by atoms with Crippen LogP contribution < -0.4 is 0 Å². The molecule has 3 rings (SSSR count). The van der Waals surface area contributed by atoms with Gasteiger partial charge >= 0.3 is 0 Å². The SMILES string of the molecule is O=C1CC2(CCCC2)C(=O)N1CCCc1ncc[nH]1. The average Bonchev–Trinajstić information content (AvgIpc) is 3.08. The highest BCUT2D eigenvalue weighted by atomic mass is 16.2. The lowest BCUT2D eigenvalue weighted by atomic mass is 9.84. The maximum atomic E-state index is 12.4. The maximum absolute atomic E-state index is 12.4. The van der Waals surface area contributed by atoms with Crippen LogP contribution in [0.2, 0.25) is 0 Å². The number of carbonyl (C=O) groups excluding carboxylic acids is 2. The fraction of sp³-hybridized carbons (Fsp3) is 0.643. The maximum Gasteiger partial charge on any atom is 0.235 e. The van der Waals surface area contributed by atoms with Crippen molar-refractivity contribution in [1.29, 1.82) is 0 Å². The molecule has 1 saturated carbocycles. The number of nitrogens with zero attached hydrogens (tertiary/aromatic N) is 2. The number of hydrogen-bond acceptors (Lipinski definition) is 3. The fourth-order valence-corrected chi connectivity index (χ4v) is 3.37. The summed E-state index contributed by atoms with van der Waals surface area (Å²) in [6.07, 6.45) is 9.45. The molecule has 1 aliphatic heterocycles. The van der Waals surface area contributed by atoms with E-state index in [0.717, 1.165) is 44.3 Å². The van der Waals surface area contributed by atoms with Gasteiger partial charge < -0.3 is 4.98 Å². The van der Waals surface area contributed by atoms with Crippen molar-refractivity contribution in [3.63, 3.8) is 0 Å². The standard InChI is InChI=1S/C14H19N3O2/c18-12-10-14(5-1-2-6-14)13(19)17(12)9-3-4-11-15-7-8-16-11/h7-8H,1-6,9-10H2,(H,15,16). The van der Waals surface area contributed by atoms with Gasteiger partial charge in [-0.1, -0.05) is 12.8 Å². The molecule has 5 heteroatoms. The van der Waals surface area contributed by atoms with Gasteiger partial charge in [0.05, 0.1) is 5.41 Å². The molecule has 1 N–H and O–H groups in total. The summed E-state index contributed by atoms with van der Waals surface area (Å²) in [5.74, 6) is 1.01. The number of aryl methyl sites for hydroxylation is 1. The second-order valence-corrected chi connectivity index (χ2v) is 5.65. The van der Waals surface area contributed by atoms with E-state index in [0.29, 0.717) is 13.0 Å². The summed E-state index contributed by atoms with van der Waals surface area (Å²) in [7, 11) is 0. The minimum Gasteiger partial charge on any atom is -0.349 e. The van der Waals surface area contributed by atoms with E-state index < -0.39 is 0 Å². The van der Waals surface area contributed by atoms with E-state index in [4.69, 9.17) is 0 Å². The first-order valence-corrected chi connectivity index (χ1v) is 7.04. The lowest BCUT2D eigenvalue weighted by molar-refractivity contribution is -0.141. The van der Waals surface area contributed by atoms with Gasteiger partial charge in [-0.2, -0.15) is 0 Å². The molecule has 0 aromatic carbocycles. The quantitative estimate of drug-likeness (QED) is 0.838. The van der Waals surface area contributed by atoms with Crippen molar-refractivity contribution in [3.8, 4) is 0 Å². The number of imidazole rings is 1. The van der Waals surface area contributed by atoms with Gasteiger partial charge in [-0.25, -0.2) is 4.98 Å². The number of imide groups is 1. The number of amides is 2. The molecule has 2 aliphatic rings. The number of hydrogen-bond donors (Lipinski definition) is 1. The molecule has 2 fully saturated rings. The molecule has 1 spiro atoms. The van der Waals surface area contributed by atoms with Crippen molar-refractivity contribution in [2.75, 3.05) is 6.54 Å². The summed E-state index contributed by atoms with van der Waals surface area (Å²) >= 11 is 0. The van der Waals surface area contributed by atoms with Crippen molar-refractivity contribution in [2.45, 2.75) is 44.9 Å². The molecule has 2 heterocycles. The number of H-pyrrole nitrogens is 1. The first-order chi connectivity index (χ1) is 9.21. The van der Waals surface area contributed by atoms with Crippen LogP contribution in [0.5, 0.6) is 0 Å². The molecular formula is C14H19N3O2. The van der Waals surface area contributed by atoms with E-state index >= 15 is 0 Å². The number of aromatic amines is 1. The third-order valence-electron chi connectivity index (χ3n) is 4.40. The Balaban J connectivity index is 1.59. The summed E-state index contributed by atoms with van der Waals surface area (Å²) in [6, 6.07) is 0. The van der Waals surface area contributed by atoms with Crippen LogP contribution >= 0.6 is 0 Å². The largest absolute Gasteiger partial charge is 0.349 e. The highest BCUT2D eigenvalue weighted by molar-refractivity contribution is 6.06. The average molecular weight is 261 g/mol. The molecular weight excluding hydrogens is 242 g/mol. The second-order valence-electron chi connectivity index (χ2n) is 5.65. The molecule has 102 valence electrons. The van der Waals surface area contributed by atoms with Crippen LogP contribution in [0.3, 0.4) is 0 Å². The van der Waals surface area contributed by atoms with E-state index in [1.807, 2.05) is 0 Å². The van der Waals surface area contributed by atoms with E-state index in [9.17, 15) is 9.59 Å². The van der Waals surface area contributed by atoms with Gasteiger partial charge in [-0.15, -0.1) is 0 Å². The third-order valence-corrected chi connectivity index (χ3v) is 4.40. The minimum atomic E-state index is -0.332. The molecule has 0 bridgehead atoms. The zero-order valence-electron chi connectivity index (χ0n) is 11.0. The number of likely N-dealkylation sites (tertiary alicyclic amines) is 1. The zero-order chi connectivity index (χ0) is 13.3. The monoisotopic (exact) mass is 261 g/mol. The first kappa shape index (κ1) is 12.4. The molecule has 19 heavy (non-hydrogen) atoms. The Morgan fingerprint density at radius 1 is 1.32 bits per heavy atom. The Morgan fingerprint density at radius 3 is 2.79 bits per heavy atom. The molecule has 2 amide bonds. The Kier molecular flexibility index (Phi) is 3.12. The lowest BCUT2D eigenvalue weighted by Gasteiger charge is -2.20. The Bertz CT molecular complexity index is 475. The van der Waals surface area contributed by atoms with Crippen LogP contribution in [0, 0.1) is 5.41 Å². The zero-order valence-corrected chi connectivity index (χ0v) is 11.0. The number of rotatable bonds is 4. The van der Waals surface area contributed by atoms with Crippen LogP contribution in [-0.4, -0.2) is 33.2 Å². The van der Waals surface area contributed by atoms with Crippen LogP contribution in [-0.2, 0) is 16.0 Å². The van der Waals surface area contributed by atoms with E-state index in [2.05, 4.69) is 9.97 Å². The van der Waals surface area contributed by atoms with E-state index in [-0.39, 0.29) is 17.2 Å². The molecule has 1 aromatic heterocycles. The lowest BCUT2D eigenvalue weighted by Crippen LogP contribution is -2.35. The molecule has 5 nitrogen and oxygen atoms in total. The predicted octanol–water partition coefficient (Wildman–Crippen LogP) is 1.66. The van der Waals surface area contributed by atoms with Gasteiger partial charge in [0.1, 0.15) is 5.82 Å². The van der Waals surface area contributed by atoms with Gasteiger partial charge in [0, 0.05) is 31.8 Å². The van der Waals surface area contributed by atoms with Crippen molar-refractivity contribution in [3.05, 3.63) is 18.2 Å². The molecule has 0 atom stereocenters. The highest BCUT2D eigenvalue weighted by Crippen LogP contribution is 2.46. The van der Waals surface area contributed by atoms with Crippen molar-refractivity contribution < 1.29 is 9.59 Å². The van der Waals surface area contributed by atoms with Gasteiger partial charge in [0.15, 0.2) is 0 Å². The Labute approximate surface area is 112 Å². The van der Waals surface area contributed by atoms with Crippen molar-refractivity contribution >= 4 is 11.8 Å². The van der Waals surface area contributed by atoms with E-state index in [1.165, 1.54) is 4.90 Å². The summed E-state index contributed by atoms with van der Waals surface area (Å²) in [4.78, 5) is 33.1. The fourth-order valence-electron chi connectivity index (χ4n) is 3.37. The normalized spacial score (nSPS) is 21.8. The molecule has 1 saturated heterocycles. The van der Waals surface area contributed by atoms with Crippen LogP contribution in [0.25, 0.3) is 0 Å². The van der Waals surface area contributed by atoms with E-state index in [1.54, 1.807) is 12.4 Å². The molecule has 0 radical (unpaired) electrons. The van der Waals surface area contributed by atoms with Gasteiger partial charge in [0.25, 0.3) is 0 Å². The van der Waals surface area contributed by atoms with Gasteiger partial charge in [0.2, 0.25) is 11.8 Å². The Morgan fingerprint density at radius 2 is 2.11 bits per heavy atom. The molecule has 1 aromatic rings. The number of aromatic nitrogens is 2. The number of carbonyl (C=O) groups is 2. The minimum absolute atomic E-state index is 0.0198. The molecule has 0 unspecified atom stereocenters. The Hall–Kier alpha value is -1.65. The number of nitrogens with one attached hydrogen (secondary N) is 1. The van der Waals surface area contributed by atoms with Gasteiger partial charge in [-0.3, -0.25) is 14.5 Å². The van der Waals surface area contributed by atoms with Crippen LogP contribution in [0.15, 0.2) is 12.4 Å². The predicted molar refractivity (Wildman–Crippen MR) is 69.1 cm³/mol. The van der Waals surface area contributed by atoms with Crippen molar-refractivity contribution in [2.24, 2.45) is 5.41 Å². The summed E-state index contributed by atoms with van der Waals surface area (Å²) < 4.78 is 0. The first-order valence-electron chi connectivity index (χ1n) is 7.04.